The average molecular weight is 702 g/mol. The normalized spacial score (nSPS) is 26.3. The minimum atomic E-state index is -7.22. The fraction of sp³-hybridized carbons (Fsp3) is 0.750. The minimum absolute atomic E-state index is 0.164. The highest BCUT2D eigenvalue weighted by atomic mass is 19.4. The van der Waals surface area contributed by atoms with E-state index in [9.17, 15) is 80.6 Å². The number of rotatable bonds is 10. The molecule has 0 spiro atoms. The van der Waals surface area contributed by atoms with E-state index in [2.05, 4.69) is 20.8 Å². The molecule has 2 atom stereocenters. The average Bonchev–Trinajstić information content (AvgIpc) is 2.87. The lowest BCUT2D eigenvalue weighted by molar-refractivity contribution is -0.378. The second kappa shape index (κ2) is 11.1. The molecule has 4 aliphatic carbocycles. The van der Waals surface area contributed by atoms with Crippen molar-refractivity contribution in [1.82, 2.24) is 0 Å². The summed E-state index contributed by atoms with van der Waals surface area (Å²) in [5, 5.41) is 0. The van der Waals surface area contributed by atoms with Crippen LogP contribution >= 0.6 is 0 Å². The second-order valence-electron chi connectivity index (χ2n) is 11.2. The molecule has 0 aromatic carbocycles. The molecule has 262 valence electrons. The van der Waals surface area contributed by atoms with Gasteiger partial charge in [0.2, 0.25) is 0 Å². The molecular weight excluding hydrogens is 682 g/mol. The van der Waals surface area contributed by atoms with Gasteiger partial charge < -0.3 is 18.9 Å². The largest absolute Gasteiger partial charge is 0.460 e. The molecule has 0 saturated heterocycles. The first-order valence-corrected chi connectivity index (χ1v) is 12.6. The topological polar surface area (TPSA) is 105 Å². The molecule has 4 saturated carbocycles. The van der Waals surface area contributed by atoms with Crippen molar-refractivity contribution in [3.05, 3.63) is 12.2 Å². The molecule has 4 rings (SSSR count). The van der Waals surface area contributed by atoms with E-state index in [0.29, 0.717) is 0 Å². The molecule has 0 radical (unpaired) electrons. The molecule has 8 nitrogen and oxygen atoms in total. The molecular formula is C24H20F14O8. The Kier molecular flexibility index (Phi) is 8.97. The Morgan fingerprint density at radius 1 is 0.674 bits per heavy atom. The van der Waals surface area contributed by atoms with Gasteiger partial charge in [-0.05, 0) is 44.9 Å². The first kappa shape index (κ1) is 37.1. The van der Waals surface area contributed by atoms with E-state index < -0.39 is 121 Å². The lowest BCUT2D eigenvalue weighted by Gasteiger charge is -2.62. The van der Waals surface area contributed by atoms with Crippen molar-refractivity contribution in [3.8, 4) is 0 Å². The second-order valence-corrected chi connectivity index (χ2v) is 11.2. The Balaban J connectivity index is 2.04. The predicted octanol–water partition coefficient (Wildman–Crippen LogP) is 5.68. The Morgan fingerprint density at radius 2 is 1.07 bits per heavy atom. The standard InChI is InChI=1S/C24H20F14O8/c1-9(2)14(40)43-8-13(39)44-17-5-10-3-11(6-17)18(12(4-10)7-17,45-15(41)19(25,26)21(29,30)23(33,34)35)46-16(42)20(27,28)22(31,32)24(36,37)38/h10-12H,1,3-8H2,2H3. The van der Waals surface area contributed by atoms with Crippen molar-refractivity contribution in [1.29, 1.82) is 0 Å². The lowest BCUT2D eigenvalue weighted by Crippen LogP contribution is -2.70. The van der Waals surface area contributed by atoms with E-state index in [1.54, 1.807) is 0 Å². The first-order chi connectivity index (χ1) is 20.5. The van der Waals surface area contributed by atoms with Gasteiger partial charge in [-0.2, -0.15) is 61.5 Å². The van der Waals surface area contributed by atoms with Gasteiger partial charge in [0.05, 0.1) is 0 Å². The van der Waals surface area contributed by atoms with Crippen molar-refractivity contribution in [2.24, 2.45) is 17.8 Å². The Labute approximate surface area is 247 Å². The van der Waals surface area contributed by atoms with Crippen molar-refractivity contribution >= 4 is 23.9 Å². The third-order valence-corrected chi connectivity index (χ3v) is 7.79. The number of hydrogen-bond acceptors (Lipinski definition) is 8. The van der Waals surface area contributed by atoms with Gasteiger partial charge in [-0.1, -0.05) is 6.58 Å². The highest BCUT2D eigenvalue weighted by Crippen LogP contribution is 2.64. The monoisotopic (exact) mass is 702 g/mol. The summed E-state index contributed by atoms with van der Waals surface area (Å²) in [6.07, 6.45) is -17.6. The molecule has 4 fully saturated rings. The van der Waals surface area contributed by atoms with Gasteiger partial charge in [-0.25, -0.2) is 19.2 Å². The highest BCUT2D eigenvalue weighted by molar-refractivity contribution is 5.88. The zero-order valence-electron chi connectivity index (χ0n) is 22.7. The number of halogens is 14. The van der Waals surface area contributed by atoms with Crippen LogP contribution < -0.4 is 0 Å². The van der Waals surface area contributed by atoms with Crippen LogP contribution in [0, 0.1) is 17.8 Å². The summed E-state index contributed by atoms with van der Waals surface area (Å²) in [5.41, 5.74) is -2.01. The number of alkyl halides is 14. The fourth-order valence-corrected chi connectivity index (χ4v) is 5.88. The van der Waals surface area contributed by atoms with E-state index in [-0.39, 0.29) is 12.0 Å². The van der Waals surface area contributed by atoms with Crippen molar-refractivity contribution < 1.29 is 99.6 Å². The van der Waals surface area contributed by atoms with Crippen LogP contribution in [0.2, 0.25) is 0 Å². The highest BCUT2D eigenvalue weighted by Gasteiger charge is 2.81. The van der Waals surface area contributed by atoms with E-state index in [0.717, 1.165) is 0 Å². The zero-order chi connectivity index (χ0) is 35.7. The smallest absolute Gasteiger partial charge is 0.457 e. The number of hydrogen-bond donors (Lipinski definition) is 0. The summed E-state index contributed by atoms with van der Waals surface area (Å²) in [6, 6.07) is 0. The molecule has 46 heavy (non-hydrogen) atoms. The van der Waals surface area contributed by atoms with Crippen LogP contribution in [0.5, 0.6) is 0 Å². The Hall–Kier alpha value is -3.36. The molecule has 4 aliphatic rings. The summed E-state index contributed by atoms with van der Waals surface area (Å²) in [4.78, 5) is 48.3. The SMILES string of the molecule is C=C(C)C(=O)OCC(=O)OC12CC3CC(C1)C(OC(=O)C(F)(F)C(F)(F)C(F)(F)F)(OC(=O)C(F)(F)C(F)(F)C(F)(F)F)C(C3)C2. The molecule has 0 heterocycles. The summed E-state index contributed by atoms with van der Waals surface area (Å²) in [5.74, 6) is -47.2. The lowest BCUT2D eigenvalue weighted by atomic mass is 9.51. The van der Waals surface area contributed by atoms with Gasteiger partial charge in [-0.15, -0.1) is 0 Å². The van der Waals surface area contributed by atoms with E-state index in [1.807, 2.05) is 0 Å². The van der Waals surface area contributed by atoms with Crippen molar-refractivity contribution in [3.63, 3.8) is 0 Å². The number of carbonyl (C=O) groups is 4. The van der Waals surface area contributed by atoms with Crippen molar-refractivity contribution in [2.75, 3.05) is 6.61 Å². The third kappa shape index (κ3) is 5.95. The van der Waals surface area contributed by atoms with E-state index in [1.165, 1.54) is 6.92 Å². The number of carbonyl (C=O) groups excluding carboxylic acids is 4. The minimum Gasteiger partial charge on any atom is -0.457 e. The van der Waals surface area contributed by atoms with Gasteiger partial charge in [0.25, 0.3) is 5.79 Å². The van der Waals surface area contributed by atoms with Gasteiger partial charge in [0.15, 0.2) is 6.61 Å². The summed E-state index contributed by atoms with van der Waals surface area (Å²) >= 11 is 0. The molecule has 0 amide bonds. The van der Waals surface area contributed by atoms with Gasteiger partial charge >= 0.3 is 59.9 Å². The van der Waals surface area contributed by atoms with E-state index in [4.69, 9.17) is 4.74 Å². The van der Waals surface area contributed by atoms with E-state index >= 15 is 0 Å². The third-order valence-electron chi connectivity index (χ3n) is 7.79. The van der Waals surface area contributed by atoms with Crippen LogP contribution in [0.15, 0.2) is 12.2 Å². The summed E-state index contributed by atoms with van der Waals surface area (Å²) in [6.45, 7) is 3.34. The molecule has 2 unspecified atom stereocenters. The Bertz CT molecular complexity index is 1220. The maximum absolute atomic E-state index is 14.2. The summed E-state index contributed by atoms with van der Waals surface area (Å²) < 4.78 is 205. The first-order valence-electron chi connectivity index (χ1n) is 12.6. The zero-order valence-corrected chi connectivity index (χ0v) is 22.7. The quantitative estimate of drug-likeness (QED) is 0.0943. The van der Waals surface area contributed by atoms with Crippen LogP contribution in [0.3, 0.4) is 0 Å². The van der Waals surface area contributed by atoms with Gasteiger partial charge in [0, 0.05) is 17.4 Å². The molecule has 0 aromatic rings. The Morgan fingerprint density at radius 3 is 1.41 bits per heavy atom. The van der Waals surface area contributed by atoms with Crippen LogP contribution in [0.25, 0.3) is 0 Å². The van der Waals surface area contributed by atoms with Crippen LogP contribution in [0.1, 0.15) is 39.0 Å². The summed E-state index contributed by atoms with van der Waals surface area (Å²) in [7, 11) is 0. The van der Waals surface area contributed by atoms with Crippen LogP contribution in [-0.2, 0) is 38.1 Å². The van der Waals surface area contributed by atoms with Crippen LogP contribution in [-0.4, -0.2) is 77.9 Å². The molecule has 0 aromatic heterocycles. The predicted molar refractivity (Wildman–Crippen MR) is 115 cm³/mol. The number of esters is 4. The maximum Gasteiger partial charge on any atom is 0.460 e. The van der Waals surface area contributed by atoms with Crippen LogP contribution in [0.4, 0.5) is 61.5 Å². The number of ether oxygens (including phenoxy) is 4. The molecule has 0 N–H and O–H groups in total. The molecule has 4 bridgehead atoms. The fourth-order valence-electron chi connectivity index (χ4n) is 5.88. The molecule has 0 aliphatic heterocycles. The van der Waals surface area contributed by atoms with Gasteiger partial charge in [-0.3, -0.25) is 0 Å². The van der Waals surface area contributed by atoms with Gasteiger partial charge in [0.1, 0.15) is 5.60 Å². The van der Waals surface area contributed by atoms with Crippen molar-refractivity contribution in [2.45, 2.75) is 86.5 Å². The maximum atomic E-state index is 14.2. The molecule has 22 heteroatoms.